The Balaban J connectivity index is 2.11. The van der Waals surface area contributed by atoms with E-state index in [4.69, 9.17) is 4.74 Å². The summed E-state index contributed by atoms with van der Waals surface area (Å²) < 4.78 is 7.31. The summed E-state index contributed by atoms with van der Waals surface area (Å²) >= 11 is 0. The van der Waals surface area contributed by atoms with Crippen LogP contribution in [0.5, 0.6) is 5.75 Å². The number of benzene rings is 1. The second-order valence-electron chi connectivity index (χ2n) is 5.37. The first kappa shape index (κ1) is 15.6. The van der Waals surface area contributed by atoms with Crippen molar-refractivity contribution in [3.05, 3.63) is 47.3 Å². The number of nitrogens with zero attached hydrogens (tertiary/aromatic N) is 2. The molecule has 1 unspecified atom stereocenters. The average Bonchev–Trinajstić information content (AvgIpc) is 2.87. The van der Waals surface area contributed by atoms with Gasteiger partial charge in [0.2, 0.25) is 0 Å². The molecule has 0 saturated carbocycles. The molecule has 4 nitrogen and oxygen atoms in total. The summed E-state index contributed by atoms with van der Waals surface area (Å²) in [5.41, 5.74) is 3.40. The zero-order chi connectivity index (χ0) is 15.2. The summed E-state index contributed by atoms with van der Waals surface area (Å²) in [6, 6.07) is 10.1. The van der Waals surface area contributed by atoms with Crippen LogP contribution in [0.3, 0.4) is 0 Å². The third-order valence-corrected chi connectivity index (χ3v) is 3.85. The van der Waals surface area contributed by atoms with Gasteiger partial charge < -0.3 is 9.84 Å². The number of aliphatic hydroxyl groups excluding tert-OH is 1. The molecule has 2 rings (SSSR count). The first-order valence-electron chi connectivity index (χ1n) is 7.42. The standard InChI is InChI=1S/C17H24N2O2/c1-4-15-11-16(19(2)18-15)10-13(12-20)9-14-7-5-6-8-17(14)21-3/h5-8,11,13,20H,4,9-10,12H2,1-3H3. The predicted molar refractivity (Wildman–Crippen MR) is 83.6 cm³/mol. The molecule has 1 N–H and O–H groups in total. The Morgan fingerprint density at radius 1 is 1.29 bits per heavy atom. The molecule has 1 aromatic heterocycles. The summed E-state index contributed by atoms with van der Waals surface area (Å²) in [4.78, 5) is 0. The minimum atomic E-state index is 0.157. The van der Waals surface area contributed by atoms with Crippen molar-refractivity contribution in [2.75, 3.05) is 13.7 Å². The maximum absolute atomic E-state index is 9.70. The van der Waals surface area contributed by atoms with Crippen molar-refractivity contribution in [2.24, 2.45) is 13.0 Å². The zero-order valence-electron chi connectivity index (χ0n) is 13.0. The summed E-state index contributed by atoms with van der Waals surface area (Å²) in [5.74, 6) is 1.05. The summed E-state index contributed by atoms with van der Waals surface area (Å²) in [7, 11) is 3.65. The van der Waals surface area contributed by atoms with Gasteiger partial charge in [-0.2, -0.15) is 5.10 Å². The lowest BCUT2D eigenvalue weighted by Gasteiger charge is -2.16. The van der Waals surface area contributed by atoms with Crippen molar-refractivity contribution >= 4 is 0 Å². The van der Waals surface area contributed by atoms with Crippen molar-refractivity contribution < 1.29 is 9.84 Å². The molecule has 4 heteroatoms. The molecule has 2 aromatic rings. The molecule has 21 heavy (non-hydrogen) atoms. The van der Waals surface area contributed by atoms with Crippen LogP contribution in [-0.2, 0) is 26.3 Å². The lowest BCUT2D eigenvalue weighted by molar-refractivity contribution is 0.222. The van der Waals surface area contributed by atoms with Crippen molar-refractivity contribution in [3.8, 4) is 5.75 Å². The number of hydrogen-bond acceptors (Lipinski definition) is 3. The second kappa shape index (κ2) is 7.27. The van der Waals surface area contributed by atoms with Crippen molar-refractivity contribution in [1.82, 2.24) is 9.78 Å². The monoisotopic (exact) mass is 288 g/mol. The van der Waals surface area contributed by atoms with Crippen LogP contribution in [-0.4, -0.2) is 28.6 Å². The maximum atomic E-state index is 9.70. The molecule has 0 bridgehead atoms. The Hall–Kier alpha value is -1.81. The van der Waals surface area contributed by atoms with Crippen LogP contribution >= 0.6 is 0 Å². The van der Waals surface area contributed by atoms with Crippen molar-refractivity contribution in [3.63, 3.8) is 0 Å². The Bertz CT molecular complexity index is 578. The first-order valence-corrected chi connectivity index (χ1v) is 7.42. The Morgan fingerprint density at radius 3 is 2.67 bits per heavy atom. The highest BCUT2D eigenvalue weighted by Crippen LogP contribution is 2.23. The minimum absolute atomic E-state index is 0.157. The summed E-state index contributed by atoms with van der Waals surface area (Å²) in [6.45, 7) is 2.26. The van der Waals surface area contributed by atoms with E-state index in [1.54, 1.807) is 7.11 Å². The van der Waals surface area contributed by atoms with Crippen LogP contribution in [0.4, 0.5) is 0 Å². The van der Waals surface area contributed by atoms with E-state index in [9.17, 15) is 5.11 Å². The Labute approximate surface area is 126 Å². The van der Waals surface area contributed by atoms with Crippen LogP contribution < -0.4 is 4.74 Å². The van der Waals surface area contributed by atoms with Gasteiger partial charge in [-0.05, 0) is 42.9 Å². The van der Waals surface area contributed by atoms with Crippen LogP contribution in [0.15, 0.2) is 30.3 Å². The molecule has 0 spiro atoms. The van der Waals surface area contributed by atoms with Crippen molar-refractivity contribution in [1.29, 1.82) is 0 Å². The van der Waals surface area contributed by atoms with Gasteiger partial charge in [0.1, 0.15) is 5.75 Å². The number of ether oxygens (including phenoxy) is 1. The molecule has 1 aromatic carbocycles. The van der Waals surface area contributed by atoms with E-state index >= 15 is 0 Å². The van der Waals surface area contributed by atoms with E-state index in [1.165, 1.54) is 5.69 Å². The molecule has 0 aliphatic heterocycles. The Kier molecular flexibility index (Phi) is 5.39. The van der Waals surface area contributed by atoms with E-state index in [2.05, 4.69) is 24.2 Å². The number of aryl methyl sites for hydroxylation is 2. The number of hydrogen-bond donors (Lipinski definition) is 1. The van der Waals surface area contributed by atoms with Gasteiger partial charge in [0.05, 0.1) is 12.8 Å². The first-order chi connectivity index (χ1) is 10.2. The number of para-hydroxylation sites is 1. The normalized spacial score (nSPS) is 12.4. The number of aromatic nitrogens is 2. The third-order valence-electron chi connectivity index (χ3n) is 3.85. The van der Waals surface area contributed by atoms with Crippen molar-refractivity contribution in [2.45, 2.75) is 26.2 Å². The van der Waals surface area contributed by atoms with Gasteiger partial charge in [-0.25, -0.2) is 0 Å². The van der Waals surface area contributed by atoms with Gasteiger partial charge in [0.15, 0.2) is 0 Å². The van der Waals surface area contributed by atoms with Gasteiger partial charge in [-0.1, -0.05) is 25.1 Å². The van der Waals surface area contributed by atoms with Crippen LogP contribution in [0.25, 0.3) is 0 Å². The molecule has 0 amide bonds. The van der Waals surface area contributed by atoms with Gasteiger partial charge in [0.25, 0.3) is 0 Å². The van der Waals surface area contributed by atoms with Gasteiger partial charge >= 0.3 is 0 Å². The SMILES string of the molecule is CCc1cc(CC(CO)Cc2ccccc2OC)n(C)n1. The van der Waals surface area contributed by atoms with E-state index in [1.807, 2.05) is 29.9 Å². The van der Waals surface area contributed by atoms with Crippen LogP contribution in [0.2, 0.25) is 0 Å². The second-order valence-corrected chi connectivity index (χ2v) is 5.37. The molecule has 1 heterocycles. The maximum Gasteiger partial charge on any atom is 0.122 e. The predicted octanol–water partition coefficient (Wildman–Crippen LogP) is 2.38. The molecule has 1 atom stereocenters. The lowest BCUT2D eigenvalue weighted by atomic mass is 9.94. The van der Waals surface area contributed by atoms with Gasteiger partial charge in [0, 0.05) is 19.3 Å². The topological polar surface area (TPSA) is 47.3 Å². The summed E-state index contributed by atoms with van der Waals surface area (Å²) in [5, 5.41) is 14.2. The number of methoxy groups -OCH3 is 1. The van der Waals surface area contributed by atoms with Gasteiger partial charge in [-0.15, -0.1) is 0 Å². The number of rotatable bonds is 7. The smallest absolute Gasteiger partial charge is 0.122 e. The third kappa shape index (κ3) is 3.85. The van der Waals surface area contributed by atoms with E-state index < -0.39 is 0 Å². The quantitative estimate of drug-likeness (QED) is 0.851. The van der Waals surface area contributed by atoms with E-state index in [0.29, 0.717) is 0 Å². The fourth-order valence-corrected chi connectivity index (χ4v) is 2.61. The zero-order valence-corrected chi connectivity index (χ0v) is 13.0. The minimum Gasteiger partial charge on any atom is -0.496 e. The highest BCUT2D eigenvalue weighted by molar-refractivity contribution is 5.33. The van der Waals surface area contributed by atoms with Gasteiger partial charge in [-0.3, -0.25) is 4.68 Å². The molecule has 0 aliphatic rings. The Morgan fingerprint density at radius 2 is 2.05 bits per heavy atom. The molecular formula is C17H24N2O2. The fraction of sp³-hybridized carbons (Fsp3) is 0.471. The molecule has 114 valence electrons. The van der Waals surface area contributed by atoms with Crippen LogP contribution in [0, 0.1) is 5.92 Å². The molecule has 0 radical (unpaired) electrons. The van der Waals surface area contributed by atoms with Crippen LogP contribution in [0.1, 0.15) is 23.9 Å². The molecule has 0 fully saturated rings. The highest BCUT2D eigenvalue weighted by atomic mass is 16.5. The molecule has 0 saturated heterocycles. The molecular weight excluding hydrogens is 264 g/mol. The number of aliphatic hydroxyl groups is 1. The average molecular weight is 288 g/mol. The lowest BCUT2D eigenvalue weighted by Crippen LogP contribution is -2.15. The molecule has 0 aliphatic carbocycles. The fourth-order valence-electron chi connectivity index (χ4n) is 2.61. The summed E-state index contributed by atoms with van der Waals surface area (Å²) in [6.07, 6.45) is 2.55. The van der Waals surface area contributed by atoms with E-state index in [0.717, 1.165) is 36.3 Å². The largest absolute Gasteiger partial charge is 0.496 e. The van der Waals surface area contributed by atoms with E-state index in [-0.39, 0.29) is 12.5 Å². The highest BCUT2D eigenvalue weighted by Gasteiger charge is 2.15.